The van der Waals surface area contributed by atoms with Gasteiger partial charge in [-0.15, -0.1) is 0 Å². The lowest BCUT2D eigenvalue weighted by Crippen LogP contribution is -2.28. The third kappa shape index (κ3) is 3.09. The molecule has 1 fully saturated rings. The summed E-state index contributed by atoms with van der Waals surface area (Å²) in [6.07, 6.45) is 3.41. The molecule has 0 saturated carbocycles. The Morgan fingerprint density at radius 1 is 1.27 bits per heavy atom. The van der Waals surface area contributed by atoms with Gasteiger partial charge in [0.05, 0.1) is 17.8 Å². The number of hydrogen-bond acceptors (Lipinski definition) is 3. The zero-order chi connectivity index (χ0) is 15.5. The monoisotopic (exact) mass is 315 g/mol. The molecule has 6 heteroatoms. The second-order valence-electron chi connectivity index (χ2n) is 5.11. The molecule has 112 valence electrons. The number of carbonyl (C=O) groups is 2. The largest absolute Gasteiger partial charge is 0.324 e. The van der Waals surface area contributed by atoms with Gasteiger partial charge in [0.15, 0.2) is 0 Å². The number of amides is 2. The maximum Gasteiger partial charge on any atom is 0.229 e. The molecule has 0 spiro atoms. The third-order valence-corrected chi connectivity index (χ3v) is 3.82. The summed E-state index contributed by atoms with van der Waals surface area (Å²) < 4.78 is 0. The lowest BCUT2D eigenvalue weighted by atomic mass is 10.1. The number of nitrogens with one attached hydrogen (secondary N) is 1. The van der Waals surface area contributed by atoms with Gasteiger partial charge in [-0.25, -0.2) is 0 Å². The molecule has 1 atom stereocenters. The van der Waals surface area contributed by atoms with Crippen molar-refractivity contribution in [1.82, 2.24) is 4.98 Å². The van der Waals surface area contributed by atoms with E-state index >= 15 is 0 Å². The summed E-state index contributed by atoms with van der Waals surface area (Å²) in [6, 6.07) is 10.5. The fourth-order valence-electron chi connectivity index (χ4n) is 2.43. The lowest BCUT2D eigenvalue weighted by Gasteiger charge is -2.16. The highest BCUT2D eigenvalue weighted by atomic mass is 35.5. The second-order valence-corrected chi connectivity index (χ2v) is 5.55. The summed E-state index contributed by atoms with van der Waals surface area (Å²) >= 11 is 5.85. The van der Waals surface area contributed by atoms with Crippen LogP contribution in [-0.2, 0) is 9.59 Å². The number of pyridine rings is 1. The minimum atomic E-state index is -0.372. The number of anilines is 2. The Balaban J connectivity index is 1.69. The molecule has 1 aromatic heterocycles. The molecule has 22 heavy (non-hydrogen) atoms. The van der Waals surface area contributed by atoms with Crippen LogP contribution in [0.4, 0.5) is 11.4 Å². The molecule has 1 N–H and O–H groups in total. The zero-order valence-corrected chi connectivity index (χ0v) is 12.5. The molecule has 5 nitrogen and oxygen atoms in total. The molecule has 3 rings (SSSR count). The van der Waals surface area contributed by atoms with Gasteiger partial charge < -0.3 is 10.2 Å². The van der Waals surface area contributed by atoms with Crippen molar-refractivity contribution >= 4 is 34.8 Å². The van der Waals surface area contributed by atoms with Crippen LogP contribution in [0.2, 0.25) is 5.02 Å². The van der Waals surface area contributed by atoms with E-state index in [1.807, 2.05) is 0 Å². The average molecular weight is 316 g/mol. The summed E-state index contributed by atoms with van der Waals surface area (Å²) in [5, 5.41) is 3.40. The highest BCUT2D eigenvalue weighted by Crippen LogP contribution is 2.27. The smallest absolute Gasteiger partial charge is 0.229 e. The number of benzene rings is 1. The Kier molecular flexibility index (Phi) is 4.06. The first-order valence-corrected chi connectivity index (χ1v) is 7.28. The van der Waals surface area contributed by atoms with Gasteiger partial charge in [0.1, 0.15) is 0 Å². The molecule has 1 aromatic carbocycles. The van der Waals surface area contributed by atoms with E-state index in [9.17, 15) is 9.59 Å². The summed E-state index contributed by atoms with van der Waals surface area (Å²) in [6.45, 7) is 0.368. The van der Waals surface area contributed by atoms with E-state index in [2.05, 4.69) is 10.3 Å². The number of nitrogens with zero attached hydrogens (tertiary/aromatic N) is 2. The van der Waals surface area contributed by atoms with Crippen LogP contribution in [0.1, 0.15) is 6.42 Å². The second kappa shape index (κ2) is 6.15. The predicted molar refractivity (Wildman–Crippen MR) is 84.8 cm³/mol. The number of rotatable bonds is 3. The third-order valence-electron chi connectivity index (χ3n) is 3.56. The fourth-order valence-corrected chi connectivity index (χ4v) is 2.56. The van der Waals surface area contributed by atoms with E-state index in [-0.39, 0.29) is 24.2 Å². The topological polar surface area (TPSA) is 62.3 Å². The summed E-state index contributed by atoms with van der Waals surface area (Å²) in [4.78, 5) is 29.9. The van der Waals surface area contributed by atoms with Crippen molar-refractivity contribution in [3.05, 3.63) is 53.8 Å². The van der Waals surface area contributed by atoms with E-state index < -0.39 is 0 Å². The van der Waals surface area contributed by atoms with Crippen molar-refractivity contribution in [2.45, 2.75) is 6.42 Å². The van der Waals surface area contributed by atoms with Crippen molar-refractivity contribution in [2.75, 3.05) is 16.8 Å². The van der Waals surface area contributed by atoms with Crippen LogP contribution in [0.3, 0.4) is 0 Å². The molecule has 1 unspecified atom stereocenters. The molecular formula is C16H14ClN3O2. The Morgan fingerprint density at radius 2 is 2.05 bits per heavy atom. The Hall–Kier alpha value is -2.40. The molecule has 2 aromatic rings. The van der Waals surface area contributed by atoms with Gasteiger partial charge in [-0.3, -0.25) is 14.6 Å². The quantitative estimate of drug-likeness (QED) is 0.947. The summed E-state index contributed by atoms with van der Waals surface area (Å²) in [5.74, 6) is -0.602. The van der Waals surface area contributed by atoms with Crippen LogP contribution in [0.25, 0.3) is 0 Å². The predicted octanol–water partition coefficient (Wildman–Crippen LogP) is 2.73. The van der Waals surface area contributed by atoms with Crippen molar-refractivity contribution in [1.29, 1.82) is 0 Å². The van der Waals surface area contributed by atoms with Crippen molar-refractivity contribution in [3.8, 4) is 0 Å². The van der Waals surface area contributed by atoms with Gasteiger partial charge in [0, 0.05) is 29.9 Å². The molecule has 1 saturated heterocycles. The van der Waals surface area contributed by atoms with E-state index in [1.54, 1.807) is 53.7 Å². The Morgan fingerprint density at radius 3 is 2.73 bits per heavy atom. The highest BCUT2D eigenvalue weighted by Gasteiger charge is 2.35. The number of aromatic nitrogens is 1. The van der Waals surface area contributed by atoms with Crippen LogP contribution in [0, 0.1) is 5.92 Å². The fraction of sp³-hybridized carbons (Fsp3) is 0.188. The number of hydrogen-bond donors (Lipinski definition) is 1. The minimum Gasteiger partial charge on any atom is -0.324 e. The first-order valence-electron chi connectivity index (χ1n) is 6.90. The normalized spacial score (nSPS) is 17.6. The van der Waals surface area contributed by atoms with E-state index in [0.717, 1.165) is 5.69 Å². The van der Waals surface area contributed by atoms with Crippen LogP contribution in [-0.4, -0.2) is 23.3 Å². The maximum absolute atomic E-state index is 12.3. The Labute approximate surface area is 132 Å². The van der Waals surface area contributed by atoms with Crippen molar-refractivity contribution < 1.29 is 9.59 Å². The maximum atomic E-state index is 12.3. The van der Waals surface area contributed by atoms with Gasteiger partial charge in [-0.2, -0.15) is 0 Å². The van der Waals surface area contributed by atoms with Gasteiger partial charge in [0.25, 0.3) is 0 Å². The van der Waals surface area contributed by atoms with Crippen LogP contribution in [0.15, 0.2) is 48.8 Å². The van der Waals surface area contributed by atoms with Crippen LogP contribution in [0.5, 0.6) is 0 Å². The lowest BCUT2D eigenvalue weighted by molar-refractivity contribution is -0.122. The van der Waals surface area contributed by atoms with Crippen LogP contribution >= 0.6 is 11.6 Å². The molecule has 0 radical (unpaired) electrons. The molecule has 0 aliphatic carbocycles. The standard InChI is InChI=1S/C16H14ClN3O2/c17-12-3-5-14(6-4-12)20-10-11(8-15(20)21)16(22)19-13-2-1-7-18-9-13/h1-7,9,11H,8,10H2,(H,19,22). The van der Waals surface area contributed by atoms with Crippen molar-refractivity contribution in [3.63, 3.8) is 0 Å². The summed E-state index contributed by atoms with van der Waals surface area (Å²) in [7, 11) is 0. The first-order chi connectivity index (χ1) is 10.6. The molecule has 0 bridgehead atoms. The number of carbonyl (C=O) groups excluding carboxylic acids is 2. The van der Waals surface area contributed by atoms with E-state index in [4.69, 9.17) is 11.6 Å². The van der Waals surface area contributed by atoms with E-state index in [0.29, 0.717) is 17.3 Å². The number of halogens is 1. The molecule has 1 aliphatic rings. The van der Waals surface area contributed by atoms with E-state index in [1.165, 1.54) is 0 Å². The highest BCUT2D eigenvalue weighted by molar-refractivity contribution is 6.30. The summed E-state index contributed by atoms with van der Waals surface area (Å²) in [5.41, 5.74) is 1.39. The minimum absolute atomic E-state index is 0.0614. The van der Waals surface area contributed by atoms with Crippen molar-refractivity contribution in [2.24, 2.45) is 5.92 Å². The SMILES string of the molecule is O=C(Nc1cccnc1)C1CC(=O)N(c2ccc(Cl)cc2)C1. The van der Waals surface area contributed by atoms with Gasteiger partial charge in [0.2, 0.25) is 11.8 Å². The Bertz CT molecular complexity index is 688. The molecule has 2 amide bonds. The zero-order valence-electron chi connectivity index (χ0n) is 11.7. The molecule has 1 aliphatic heterocycles. The first kappa shape index (κ1) is 14.5. The van der Waals surface area contributed by atoms with Gasteiger partial charge in [-0.1, -0.05) is 11.6 Å². The van der Waals surface area contributed by atoms with Crippen LogP contribution < -0.4 is 10.2 Å². The molecule has 2 heterocycles. The molecular weight excluding hydrogens is 302 g/mol. The van der Waals surface area contributed by atoms with Gasteiger partial charge in [-0.05, 0) is 36.4 Å². The van der Waals surface area contributed by atoms with Gasteiger partial charge >= 0.3 is 0 Å². The average Bonchev–Trinajstić information content (AvgIpc) is 2.91.